The van der Waals surface area contributed by atoms with Crippen LogP contribution in [0.3, 0.4) is 0 Å². The molecule has 2 nitrogen and oxygen atoms in total. The fourth-order valence-electron chi connectivity index (χ4n) is 2.38. The van der Waals surface area contributed by atoms with Gasteiger partial charge in [-0.2, -0.15) is 0 Å². The second-order valence-corrected chi connectivity index (χ2v) is 4.34. The first-order valence-corrected chi connectivity index (χ1v) is 5.87. The Morgan fingerprint density at radius 3 is 1.95 bits per heavy atom. The minimum atomic E-state index is -0.817. The highest BCUT2D eigenvalue weighted by molar-refractivity contribution is 6.12. The van der Waals surface area contributed by atoms with Crippen molar-refractivity contribution in [2.75, 3.05) is 0 Å². The quantitative estimate of drug-likeness (QED) is 0.924. The summed E-state index contributed by atoms with van der Waals surface area (Å²) >= 11 is 0. The molecule has 0 spiro atoms. The number of carboxylic acid groups (broad SMARTS) is 1. The van der Waals surface area contributed by atoms with Crippen LogP contribution >= 0.6 is 12.4 Å². The van der Waals surface area contributed by atoms with E-state index < -0.39 is 5.97 Å². The number of hydrogen-bond acceptors (Lipinski definition) is 1. The summed E-state index contributed by atoms with van der Waals surface area (Å²) in [4.78, 5) is 11.3. The molecule has 0 aromatic heterocycles. The van der Waals surface area contributed by atoms with Crippen LogP contribution in [0.1, 0.15) is 17.0 Å². The molecule has 1 N–H and O–H groups in total. The Morgan fingerprint density at radius 1 is 0.895 bits per heavy atom. The van der Waals surface area contributed by atoms with Crippen molar-refractivity contribution in [1.82, 2.24) is 0 Å². The van der Waals surface area contributed by atoms with Gasteiger partial charge in [0, 0.05) is 5.92 Å². The molecule has 0 fully saturated rings. The zero-order valence-corrected chi connectivity index (χ0v) is 10.9. The molecular formula is C16H13ClO2. The van der Waals surface area contributed by atoms with Gasteiger partial charge in [-0.1, -0.05) is 60.7 Å². The first-order valence-electron chi connectivity index (χ1n) is 5.87. The lowest BCUT2D eigenvalue weighted by Gasteiger charge is -2.01. The number of aliphatic carboxylic acids is 1. The van der Waals surface area contributed by atoms with Gasteiger partial charge in [-0.05, 0) is 16.7 Å². The van der Waals surface area contributed by atoms with Gasteiger partial charge in [-0.3, -0.25) is 0 Å². The van der Waals surface area contributed by atoms with Crippen LogP contribution in [0.2, 0.25) is 0 Å². The van der Waals surface area contributed by atoms with E-state index in [1.54, 1.807) is 0 Å². The molecule has 0 aliphatic heterocycles. The molecule has 0 radical (unpaired) electrons. The lowest BCUT2D eigenvalue weighted by molar-refractivity contribution is -0.132. The molecule has 2 aromatic carbocycles. The van der Waals surface area contributed by atoms with Crippen LogP contribution in [0.4, 0.5) is 0 Å². The van der Waals surface area contributed by atoms with Gasteiger partial charge in [0.2, 0.25) is 0 Å². The van der Waals surface area contributed by atoms with Crippen LogP contribution in [0.15, 0.2) is 66.2 Å². The van der Waals surface area contributed by atoms with Gasteiger partial charge in [-0.15, -0.1) is 12.4 Å². The van der Waals surface area contributed by atoms with Crippen molar-refractivity contribution in [3.63, 3.8) is 0 Å². The highest BCUT2D eigenvalue weighted by Gasteiger charge is 2.42. The summed E-state index contributed by atoms with van der Waals surface area (Å²) in [6.45, 7) is 0. The van der Waals surface area contributed by atoms with Gasteiger partial charge in [0.25, 0.3) is 0 Å². The second kappa shape index (κ2) is 5.29. The Bertz CT molecular complexity index is 618. The zero-order valence-electron chi connectivity index (χ0n) is 10.1. The van der Waals surface area contributed by atoms with Gasteiger partial charge in [0.05, 0.1) is 5.57 Å². The van der Waals surface area contributed by atoms with Crippen molar-refractivity contribution in [2.24, 2.45) is 0 Å². The molecular weight excluding hydrogens is 260 g/mol. The highest BCUT2D eigenvalue weighted by atomic mass is 35.5. The lowest BCUT2D eigenvalue weighted by Crippen LogP contribution is -1.94. The molecule has 0 bridgehead atoms. The largest absolute Gasteiger partial charge is 0.478 e. The molecule has 1 aliphatic carbocycles. The van der Waals surface area contributed by atoms with E-state index in [0.717, 1.165) is 16.7 Å². The van der Waals surface area contributed by atoms with E-state index in [-0.39, 0.29) is 18.3 Å². The number of benzene rings is 2. The Hall–Kier alpha value is -2.06. The fraction of sp³-hybridized carbons (Fsp3) is 0.0625. The minimum Gasteiger partial charge on any atom is -0.478 e. The van der Waals surface area contributed by atoms with Crippen LogP contribution in [-0.2, 0) is 4.79 Å². The number of halogens is 1. The molecule has 0 amide bonds. The van der Waals surface area contributed by atoms with Crippen molar-refractivity contribution in [3.8, 4) is 0 Å². The molecule has 1 unspecified atom stereocenters. The van der Waals surface area contributed by atoms with E-state index >= 15 is 0 Å². The van der Waals surface area contributed by atoms with Gasteiger partial charge < -0.3 is 5.11 Å². The Balaban J connectivity index is 0.00000133. The maximum Gasteiger partial charge on any atom is 0.332 e. The SMILES string of the molecule is Cl.O=C(O)C1=C(c2ccccc2)C1c1ccccc1. The maximum atomic E-state index is 11.3. The smallest absolute Gasteiger partial charge is 0.332 e. The topological polar surface area (TPSA) is 37.3 Å². The molecule has 96 valence electrons. The molecule has 2 aromatic rings. The molecule has 0 saturated heterocycles. The molecule has 1 aliphatic rings. The molecule has 3 rings (SSSR count). The number of rotatable bonds is 3. The standard InChI is InChI=1S/C16H12O2.ClH/c17-16(18)15-13(11-7-3-1-4-8-11)14(15)12-9-5-2-6-10-12;/h1-10,13H,(H,17,18);1H. The number of carbonyl (C=O) groups is 1. The van der Waals surface area contributed by atoms with Crippen molar-refractivity contribution in [1.29, 1.82) is 0 Å². The van der Waals surface area contributed by atoms with Crippen LogP contribution in [-0.4, -0.2) is 11.1 Å². The summed E-state index contributed by atoms with van der Waals surface area (Å²) in [5.74, 6) is -0.867. The molecule has 3 heteroatoms. The van der Waals surface area contributed by atoms with Gasteiger partial charge in [0.15, 0.2) is 0 Å². The Morgan fingerprint density at radius 2 is 1.42 bits per heavy atom. The number of hydrogen-bond donors (Lipinski definition) is 1. The first kappa shape index (κ1) is 13.4. The van der Waals surface area contributed by atoms with Crippen molar-refractivity contribution in [2.45, 2.75) is 5.92 Å². The Kier molecular flexibility index (Phi) is 3.72. The van der Waals surface area contributed by atoms with Crippen molar-refractivity contribution in [3.05, 3.63) is 77.4 Å². The van der Waals surface area contributed by atoms with Crippen molar-refractivity contribution >= 4 is 23.9 Å². The molecule has 19 heavy (non-hydrogen) atoms. The van der Waals surface area contributed by atoms with E-state index in [1.165, 1.54) is 0 Å². The Labute approximate surface area is 117 Å². The molecule has 0 heterocycles. The van der Waals surface area contributed by atoms with E-state index in [9.17, 15) is 9.90 Å². The normalized spacial score (nSPS) is 16.7. The summed E-state index contributed by atoms with van der Waals surface area (Å²) in [6.07, 6.45) is 0. The summed E-state index contributed by atoms with van der Waals surface area (Å²) in [5.41, 5.74) is 3.51. The zero-order chi connectivity index (χ0) is 12.5. The average molecular weight is 273 g/mol. The number of allylic oxidation sites excluding steroid dienone is 1. The van der Waals surface area contributed by atoms with Gasteiger partial charge >= 0.3 is 5.97 Å². The minimum absolute atomic E-state index is 0. The van der Waals surface area contributed by atoms with Crippen LogP contribution in [0, 0.1) is 0 Å². The third kappa shape index (κ3) is 2.40. The highest BCUT2D eigenvalue weighted by Crippen LogP contribution is 2.53. The predicted octanol–water partition coefficient (Wildman–Crippen LogP) is 3.74. The van der Waals surface area contributed by atoms with Crippen LogP contribution in [0.5, 0.6) is 0 Å². The van der Waals surface area contributed by atoms with E-state index in [0.29, 0.717) is 5.57 Å². The first-order chi connectivity index (χ1) is 8.79. The summed E-state index contributed by atoms with van der Waals surface area (Å²) in [5, 5.41) is 9.26. The number of carboxylic acids is 1. The predicted molar refractivity (Wildman–Crippen MR) is 77.4 cm³/mol. The second-order valence-electron chi connectivity index (χ2n) is 4.34. The third-order valence-electron chi connectivity index (χ3n) is 3.23. The lowest BCUT2D eigenvalue weighted by atomic mass is 10.0. The third-order valence-corrected chi connectivity index (χ3v) is 3.23. The van der Waals surface area contributed by atoms with Gasteiger partial charge in [-0.25, -0.2) is 4.79 Å². The summed E-state index contributed by atoms with van der Waals surface area (Å²) in [7, 11) is 0. The van der Waals surface area contributed by atoms with Crippen LogP contribution in [0.25, 0.3) is 5.57 Å². The van der Waals surface area contributed by atoms with Crippen LogP contribution < -0.4 is 0 Å². The summed E-state index contributed by atoms with van der Waals surface area (Å²) < 4.78 is 0. The van der Waals surface area contributed by atoms with E-state index in [4.69, 9.17) is 0 Å². The average Bonchev–Trinajstić information content (AvgIpc) is 3.16. The maximum absolute atomic E-state index is 11.3. The molecule has 1 atom stereocenters. The van der Waals surface area contributed by atoms with Gasteiger partial charge in [0.1, 0.15) is 0 Å². The molecule has 0 saturated carbocycles. The summed E-state index contributed by atoms with van der Waals surface area (Å²) in [6, 6.07) is 19.5. The fourth-order valence-corrected chi connectivity index (χ4v) is 2.38. The van der Waals surface area contributed by atoms with Crippen molar-refractivity contribution < 1.29 is 9.90 Å². The van der Waals surface area contributed by atoms with E-state index in [2.05, 4.69) is 0 Å². The monoisotopic (exact) mass is 272 g/mol. The van der Waals surface area contributed by atoms with E-state index in [1.807, 2.05) is 60.7 Å².